The summed E-state index contributed by atoms with van der Waals surface area (Å²) in [5.74, 6) is -1.70. The topological polar surface area (TPSA) is 95.6 Å². The number of halogens is 1. The molecule has 37 heavy (non-hydrogen) atoms. The third-order valence-corrected chi connectivity index (χ3v) is 8.16. The number of carbonyl (C=O) groups is 2. The maximum absolute atomic E-state index is 13.9. The summed E-state index contributed by atoms with van der Waals surface area (Å²) in [6.07, 6.45) is 0.0472. The van der Waals surface area contributed by atoms with Gasteiger partial charge in [0, 0.05) is 6.54 Å². The van der Waals surface area contributed by atoms with Crippen LogP contribution in [-0.2, 0) is 31.8 Å². The standard InChI is InChI=1S/C28H30FN3O4S/c1-18-13-19(2)23(20(3)14-18)17-37(35,36)32-25-10-5-4-9-24(25)31-28(34)26(32)16-27(33)30-12-11-21-7-6-8-22(29)15-21/h4-10,13-15,26H,11-12,16-17H2,1-3H3,(H,30,33)(H,31,34). The summed E-state index contributed by atoms with van der Waals surface area (Å²) in [6, 6.07) is 15.3. The first-order chi connectivity index (χ1) is 17.5. The Morgan fingerprint density at radius 2 is 1.73 bits per heavy atom. The van der Waals surface area contributed by atoms with Crippen molar-refractivity contribution in [2.45, 2.75) is 45.4 Å². The van der Waals surface area contributed by atoms with E-state index in [0.717, 1.165) is 26.6 Å². The molecule has 0 bridgehead atoms. The molecule has 3 aromatic carbocycles. The van der Waals surface area contributed by atoms with Crippen LogP contribution >= 0.6 is 0 Å². The van der Waals surface area contributed by atoms with E-state index in [0.29, 0.717) is 23.4 Å². The lowest BCUT2D eigenvalue weighted by Crippen LogP contribution is -2.53. The number of sulfonamides is 1. The highest BCUT2D eigenvalue weighted by molar-refractivity contribution is 7.92. The van der Waals surface area contributed by atoms with Crippen molar-refractivity contribution in [2.24, 2.45) is 0 Å². The van der Waals surface area contributed by atoms with Gasteiger partial charge < -0.3 is 10.6 Å². The Labute approximate surface area is 216 Å². The molecule has 0 saturated heterocycles. The molecule has 1 aliphatic heterocycles. The highest BCUT2D eigenvalue weighted by Crippen LogP contribution is 2.36. The molecule has 0 saturated carbocycles. The average molecular weight is 524 g/mol. The van der Waals surface area contributed by atoms with E-state index in [1.54, 1.807) is 36.4 Å². The first-order valence-electron chi connectivity index (χ1n) is 12.0. The quantitative estimate of drug-likeness (QED) is 0.464. The second-order valence-electron chi connectivity index (χ2n) is 9.39. The van der Waals surface area contributed by atoms with Crippen molar-refractivity contribution in [2.75, 3.05) is 16.2 Å². The molecule has 3 aromatic rings. The van der Waals surface area contributed by atoms with Crippen LogP contribution in [0.5, 0.6) is 0 Å². The van der Waals surface area contributed by atoms with Crippen LogP contribution in [0.15, 0.2) is 60.7 Å². The second kappa shape index (κ2) is 10.7. The van der Waals surface area contributed by atoms with Gasteiger partial charge in [0.2, 0.25) is 21.8 Å². The van der Waals surface area contributed by atoms with E-state index in [4.69, 9.17) is 0 Å². The Morgan fingerprint density at radius 3 is 2.43 bits per heavy atom. The van der Waals surface area contributed by atoms with Gasteiger partial charge in [-0.1, -0.05) is 42.0 Å². The van der Waals surface area contributed by atoms with Crippen LogP contribution in [-0.4, -0.2) is 32.8 Å². The van der Waals surface area contributed by atoms with Gasteiger partial charge in [0.1, 0.15) is 11.9 Å². The number of hydrogen-bond acceptors (Lipinski definition) is 4. The van der Waals surface area contributed by atoms with E-state index >= 15 is 0 Å². The first-order valence-corrected chi connectivity index (χ1v) is 13.7. The normalized spacial score (nSPS) is 15.2. The number of para-hydroxylation sites is 2. The van der Waals surface area contributed by atoms with Crippen molar-refractivity contribution in [1.82, 2.24) is 5.32 Å². The summed E-state index contributed by atoms with van der Waals surface area (Å²) in [4.78, 5) is 25.9. The number of hydrogen-bond donors (Lipinski definition) is 2. The van der Waals surface area contributed by atoms with Gasteiger partial charge >= 0.3 is 0 Å². The van der Waals surface area contributed by atoms with Gasteiger partial charge in [-0.25, -0.2) is 12.8 Å². The van der Waals surface area contributed by atoms with E-state index in [1.807, 2.05) is 32.9 Å². The Hall–Kier alpha value is -3.72. The molecule has 0 aromatic heterocycles. The van der Waals surface area contributed by atoms with Crippen molar-refractivity contribution in [3.05, 3.63) is 94.3 Å². The summed E-state index contributed by atoms with van der Waals surface area (Å²) in [5, 5.41) is 5.46. The molecule has 9 heteroatoms. The van der Waals surface area contributed by atoms with Crippen molar-refractivity contribution in [3.8, 4) is 0 Å². The summed E-state index contributed by atoms with van der Waals surface area (Å²) in [7, 11) is -4.05. The molecule has 1 unspecified atom stereocenters. The molecule has 1 aliphatic rings. The number of nitrogens with zero attached hydrogens (tertiary/aromatic N) is 1. The van der Waals surface area contributed by atoms with E-state index in [9.17, 15) is 22.4 Å². The third-order valence-electron chi connectivity index (χ3n) is 6.46. The number of carbonyl (C=O) groups excluding carboxylic acids is 2. The maximum atomic E-state index is 13.9. The van der Waals surface area contributed by atoms with Crippen LogP contribution in [0.3, 0.4) is 0 Å². The number of fused-ring (bicyclic) bond motifs is 1. The second-order valence-corrected chi connectivity index (χ2v) is 11.2. The van der Waals surface area contributed by atoms with Gasteiger partial charge in [0.05, 0.1) is 23.5 Å². The Morgan fingerprint density at radius 1 is 1.03 bits per heavy atom. The molecule has 1 heterocycles. The van der Waals surface area contributed by atoms with E-state index in [1.165, 1.54) is 12.1 Å². The summed E-state index contributed by atoms with van der Waals surface area (Å²) < 4.78 is 42.2. The fourth-order valence-electron chi connectivity index (χ4n) is 4.76. The van der Waals surface area contributed by atoms with Crippen molar-refractivity contribution < 1.29 is 22.4 Å². The van der Waals surface area contributed by atoms with Gasteiger partial charge in [-0.2, -0.15) is 0 Å². The number of aryl methyl sites for hydroxylation is 3. The fraction of sp³-hybridized carbons (Fsp3) is 0.286. The van der Waals surface area contributed by atoms with Crippen molar-refractivity contribution >= 4 is 33.2 Å². The van der Waals surface area contributed by atoms with Crippen molar-refractivity contribution in [1.29, 1.82) is 0 Å². The van der Waals surface area contributed by atoms with Gasteiger partial charge in [-0.05, 0) is 73.7 Å². The van der Waals surface area contributed by atoms with E-state index in [2.05, 4.69) is 10.6 Å². The maximum Gasteiger partial charge on any atom is 0.248 e. The van der Waals surface area contributed by atoms with Gasteiger partial charge in [0.25, 0.3) is 0 Å². The Balaban J connectivity index is 1.58. The largest absolute Gasteiger partial charge is 0.356 e. The number of anilines is 2. The van der Waals surface area contributed by atoms with E-state index < -0.39 is 27.9 Å². The lowest BCUT2D eigenvalue weighted by molar-refractivity contribution is -0.125. The van der Waals surface area contributed by atoms with Gasteiger partial charge in [-0.15, -0.1) is 0 Å². The predicted octanol–water partition coefficient (Wildman–Crippen LogP) is 4.16. The van der Waals surface area contributed by atoms with Crippen molar-refractivity contribution in [3.63, 3.8) is 0 Å². The number of benzene rings is 3. The van der Waals surface area contributed by atoms with Crippen LogP contribution in [0.4, 0.5) is 15.8 Å². The molecule has 7 nitrogen and oxygen atoms in total. The molecular weight excluding hydrogens is 493 g/mol. The van der Waals surface area contributed by atoms with Crippen LogP contribution in [0, 0.1) is 26.6 Å². The zero-order valence-corrected chi connectivity index (χ0v) is 21.9. The molecule has 0 fully saturated rings. The molecule has 1 atom stereocenters. The fourth-order valence-corrected chi connectivity index (χ4v) is 6.73. The highest BCUT2D eigenvalue weighted by Gasteiger charge is 2.41. The van der Waals surface area contributed by atoms with E-state index in [-0.39, 0.29) is 24.5 Å². The average Bonchev–Trinajstić information content (AvgIpc) is 2.82. The summed E-state index contributed by atoms with van der Waals surface area (Å²) in [6.45, 7) is 5.91. The smallest absolute Gasteiger partial charge is 0.248 e. The van der Waals surface area contributed by atoms with Gasteiger partial charge in [0.15, 0.2) is 0 Å². The molecule has 0 spiro atoms. The SMILES string of the molecule is Cc1cc(C)c(CS(=O)(=O)N2c3ccccc3NC(=O)C2CC(=O)NCCc2cccc(F)c2)c(C)c1. The molecule has 2 N–H and O–H groups in total. The predicted molar refractivity (Wildman–Crippen MR) is 142 cm³/mol. The minimum absolute atomic E-state index is 0.224. The molecule has 194 valence electrons. The third kappa shape index (κ3) is 5.99. The van der Waals surface area contributed by atoms with Crippen LogP contribution < -0.4 is 14.9 Å². The number of rotatable bonds is 8. The molecule has 0 radical (unpaired) electrons. The summed E-state index contributed by atoms with van der Waals surface area (Å²) >= 11 is 0. The Bertz CT molecular complexity index is 1430. The molecule has 2 amide bonds. The number of nitrogens with one attached hydrogen (secondary N) is 2. The van der Waals surface area contributed by atoms with Crippen LogP contribution in [0.1, 0.15) is 34.2 Å². The molecular formula is C28H30FN3O4S. The van der Waals surface area contributed by atoms with Crippen LogP contribution in [0.2, 0.25) is 0 Å². The monoisotopic (exact) mass is 523 g/mol. The lowest BCUT2D eigenvalue weighted by Gasteiger charge is -2.37. The number of amides is 2. The minimum Gasteiger partial charge on any atom is -0.356 e. The van der Waals surface area contributed by atoms with Gasteiger partial charge in [-0.3, -0.25) is 13.9 Å². The van der Waals surface area contributed by atoms with Crippen LogP contribution in [0.25, 0.3) is 0 Å². The molecule has 4 rings (SSSR count). The zero-order valence-electron chi connectivity index (χ0n) is 21.0. The zero-order chi connectivity index (χ0) is 26.7. The minimum atomic E-state index is -4.05. The Kier molecular flexibility index (Phi) is 7.63. The molecule has 0 aliphatic carbocycles. The first kappa shape index (κ1) is 26.3. The summed E-state index contributed by atoms with van der Waals surface area (Å²) in [5.41, 5.74) is 4.82. The highest BCUT2D eigenvalue weighted by atomic mass is 32.2. The lowest BCUT2D eigenvalue weighted by atomic mass is 10.0.